The monoisotopic (exact) mass is 252 g/mol. The fraction of sp³-hybridized carbons (Fsp3) is 0.889. The van der Waals surface area contributed by atoms with Gasteiger partial charge in [0.15, 0.2) is 0 Å². The first kappa shape index (κ1) is 12.9. The minimum absolute atomic E-state index is 0.190. The maximum absolute atomic E-state index is 11.3. The number of carbonyl (C=O) groups is 1. The molecule has 0 saturated carbocycles. The Bertz CT molecular complexity index is 168. The molecule has 1 N–H and O–H groups in total. The van der Waals surface area contributed by atoms with Gasteiger partial charge < -0.3 is 9.84 Å². The number of rotatable bonds is 5. The van der Waals surface area contributed by atoms with Gasteiger partial charge >= 0.3 is 5.97 Å². The summed E-state index contributed by atoms with van der Waals surface area (Å²) >= 11 is 3.35. The minimum Gasteiger partial charge on any atom is -0.464 e. The van der Waals surface area contributed by atoms with Gasteiger partial charge in [-0.2, -0.15) is 0 Å². The Hall–Kier alpha value is -0.0900. The van der Waals surface area contributed by atoms with Crippen molar-refractivity contribution in [1.82, 2.24) is 0 Å². The maximum Gasteiger partial charge on any atom is 0.313 e. The van der Waals surface area contributed by atoms with Crippen LogP contribution in [0.5, 0.6) is 0 Å². The van der Waals surface area contributed by atoms with E-state index in [4.69, 9.17) is 9.84 Å². The molecule has 0 bridgehead atoms. The van der Waals surface area contributed by atoms with Crippen LogP contribution in [-0.2, 0) is 9.53 Å². The highest BCUT2D eigenvalue weighted by Gasteiger charge is 2.28. The fourth-order valence-corrected chi connectivity index (χ4v) is 0.676. The smallest absolute Gasteiger partial charge is 0.313 e. The molecule has 0 aromatic carbocycles. The molecule has 4 heteroatoms. The van der Waals surface area contributed by atoms with E-state index in [1.54, 1.807) is 13.8 Å². The van der Waals surface area contributed by atoms with Gasteiger partial charge in [0.1, 0.15) is 6.61 Å². The zero-order chi connectivity index (χ0) is 10.5. The van der Waals surface area contributed by atoms with Crippen LogP contribution in [0.15, 0.2) is 0 Å². The van der Waals surface area contributed by atoms with Crippen molar-refractivity contribution < 1.29 is 14.6 Å². The molecule has 1 unspecified atom stereocenters. The molecular weight excluding hydrogens is 236 g/mol. The Balaban J connectivity index is 3.88. The third-order valence-electron chi connectivity index (χ3n) is 1.79. The normalized spacial score (nSPS) is 13.9. The molecule has 0 aliphatic carbocycles. The molecule has 0 heterocycles. The molecular formula is C9H17BrO3. The average Bonchev–Trinajstić information content (AvgIpc) is 2.13. The van der Waals surface area contributed by atoms with E-state index in [0.29, 0.717) is 6.61 Å². The third kappa shape index (κ3) is 4.62. The molecule has 0 aromatic rings. The highest BCUT2D eigenvalue weighted by molar-refractivity contribution is 9.09. The van der Waals surface area contributed by atoms with Crippen LogP contribution in [0.3, 0.4) is 0 Å². The Morgan fingerprint density at radius 1 is 1.62 bits per heavy atom. The van der Waals surface area contributed by atoms with Crippen LogP contribution in [0.25, 0.3) is 0 Å². The van der Waals surface area contributed by atoms with Gasteiger partial charge in [0.25, 0.3) is 0 Å². The van der Waals surface area contributed by atoms with E-state index >= 15 is 0 Å². The molecule has 0 aliphatic heterocycles. The van der Waals surface area contributed by atoms with Crippen LogP contribution in [-0.4, -0.2) is 29.1 Å². The summed E-state index contributed by atoms with van der Waals surface area (Å²) in [6.07, 6.45) is 0.910. The SMILES string of the molecule is CCC(Br)COC(=O)C(C)(C)CO. The van der Waals surface area contributed by atoms with Crippen molar-refractivity contribution in [2.45, 2.75) is 32.0 Å². The average molecular weight is 253 g/mol. The second-order valence-corrected chi connectivity index (χ2v) is 4.94. The van der Waals surface area contributed by atoms with Crippen molar-refractivity contribution in [3.05, 3.63) is 0 Å². The van der Waals surface area contributed by atoms with E-state index in [9.17, 15) is 4.79 Å². The van der Waals surface area contributed by atoms with Gasteiger partial charge in [-0.1, -0.05) is 22.9 Å². The Kier molecular flexibility index (Phi) is 5.56. The lowest BCUT2D eigenvalue weighted by molar-refractivity contribution is -0.155. The van der Waals surface area contributed by atoms with E-state index in [1.807, 2.05) is 6.92 Å². The lowest BCUT2D eigenvalue weighted by Crippen LogP contribution is -2.31. The molecule has 0 spiro atoms. The largest absolute Gasteiger partial charge is 0.464 e. The van der Waals surface area contributed by atoms with Crippen molar-refractivity contribution in [2.24, 2.45) is 5.41 Å². The number of hydrogen-bond acceptors (Lipinski definition) is 3. The number of halogens is 1. The third-order valence-corrected chi connectivity index (χ3v) is 2.70. The molecule has 3 nitrogen and oxygen atoms in total. The van der Waals surface area contributed by atoms with Crippen LogP contribution in [0.4, 0.5) is 0 Å². The minimum atomic E-state index is -0.791. The van der Waals surface area contributed by atoms with E-state index in [2.05, 4.69) is 15.9 Å². The zero-order valence-electron chi connectivity index (χ0n) is 8.34. The standard InChI is InChI=1S/C9H17BrO3/c1-4-7(10)5-13-8(12)9(2,3)6-11/h7,11H,4-6H2,1-3H3. The molecule has 0 rings (SSSR count). The van der Waals surface area contributed by atoms with Gasteiger partial charge in [0.05, 0.1) is 12.0 Å². The summed E-state index contributed by atoms with van der Waals surface area (Å²) in [6.45, 7) is 5.49. The van der Waals surface area contributed by atoms with Crippen LogP contribution in [0.1, 0.15) is 27.2 Å². The van der Waals surface area contributed by atoms with Crippen molar-refractivity contribution >= 4 is 21.9 Å². The summed E-state index contributed by atoms with van der Waals surface area (Å²) in [6, 6.07) is 0. The number of aliphatic hydroxyl groups excluding tert-OH is 1. The summed E-state index contributed by atoms with van der Waals surface area (Å²) in [5.74, 6) is -0.354. The molecule has 1 atom stereocenters. The van der Waals surface area contributed by atoms with E-state index in [1.165, 1.54) is 0 Å². The number of esters is 1. The van der Waals surface area contributed by atoms with Crippen LogP contribution < -0.4 is 0 Å². The first-order chi connectivity index (χ1) is 5.94. The van der Waals surface area contributed by atoms with Crippen molar-refractivity contribution in [3.8, 4) is 0 Å². The highest BCUT2D eigenvalue weighted by atomic mass is 79.9. The van der Waals surface area contributed by atoms with E-state index < -0.39 is 5.41 Å². The highest BCUT2D eigenvalue weighted by Crippen LogP contribution is 2.16. The summed E-state index contributed by atoms with van der Waals surface area (Å²) in [5, 5.41) is 8.87. The molecule has 13 heavy (non-hydrogen) atoms. The molecule has 0 aromatic heterocycles. The first-order valence-corrected chi connectivity index (χ1v) is 5.27. The summed E-state index contributed by atoms with van der Waals surface area (Å²) in [5.41, 5.74) is -0.791. The lowest BCUT2D eigenvalue weighted by atomic mass is 9.95. The Labute approximate surface area is 87.6 Å². The summed E-state index contributed by atoms with van der Waals surface area (Å²) in [7, 11) is 0. The predicted octanol–water partition coefficient (Wildman–Crippen LogP) is 1.72. The van der Waals surface area contributed by atoms with Crippen molar-refractivity contribution in [2.75, 3.05) is 13.2 Å². The zero-order valence-corrected chi connectivity index (χ0v) is 9.93. The van der Waals surface area contributed by atoms with Gasteiger partial charge in [0, 0.05) is 4.83 Å². The fourth-order valence-electron chi connectivity index (χ4n) is 0.544. The molecule has 0 aliphatic rings. The number of ether oxygens (including phenoxy) is 1. The topological polar surface area (TPSA) is 46.5 Å². The van der Waals surface area contributed by atoms with E-state index in [0.717, 1.165) is 6.42 Å². The van der Waals surface area contributed by atoms with Crippen LogP contribution in [0, 0.1) is 5.41 Å². The molecule has 0 fully saturated rings. The Morgan fingerprint density at radius 3 is 2.54 bits per heavy atom. The number of alkyl halides is 1. The summed E-state index contributed by atoms with van der Waals surface area (Å²) in [4.78, 5) is 11.5. The Morgan fingerprint density at radius 2 is 2.15 bits per heavy atom. The quantitative estimate of drug-likeness (QED) is 0.599. The molecule has 0 amide bonds. The molecule has 0 radical (unpaired) electrons. The van der Waals surface area contributed by atoms with Gasteiger partial charge in [0.2, 0.25) is 0 Å². The maximum atomic E-state index is 11.3. The molecule has 78 valence electrons. The van der Waals surface area contributed by atoms with Crippen molar-refractivity contribution in [1.29, 1.82) is 0 Å². The number of hydrogen-bond donors (Lipinski definition) is 1. The lowest BCUT2D eigenvalue weighted by Gasteiger charge is -2.20. The second-order valence-electron chi connectivity index (χ2n) is 3.65. The van der Waals surface area contributed by atoms with Gasteiger partial charge in [-0.05, 0) is 20.3 Å². The van der Waals surface area contributed by atoms with E-state index in [-0.39, 0.29) is 17.4 Å². The van der Waals surface area contributed by atoms with Crippen LogP contribution in [0.2, 0.25) is 0 Å². The number of aliphatic hydroxyl groups is 1. The van der Waals surface area contributed by atoms with Gasteiger partial charge in [-0.3, -0.25) is 4.79 Å². The first-order valence-electron chi connectivity index (χ1n) is 4.36. The van der Waals surface area contributed by atoms with Gasteiger partial charge in [-0.15, -0.1) is 0 Å². The van der Waals surface area contributed by atoms with Crippen molar-refractivity contribution in [3.63, 3.8) is 0 Å². The number of carbonyl (C=O) groups excluding carboxylic acids is 1. The molecule has 0 saturated heterocycles. The predicted molar refractivity (Wildman–Crippen MR) is 54.8 cm³/mol. The second kappa shape index (κ2) is 5.60. The summed E-state index contributed by atoms with van der Waals surface area (Å²) < 4.78 is 5.00. The van der Waals surface area contributed by atoms with Gasteiger partial charge in [-0.25, -0.2) is 0 Å². The van der Waals surface area contributed by atoms with Crippen LogP contribution >= 0.6 is 15.9 Å².